The summed E-state index contributed by atoms with van der Waals surface area (Å²) < 4.78 is 2.38. The number of hydrogen-bond acceptors (Lipinski definition) is 4. The van der Waals surface area contributed by atoms with E-state index in [1.807, 2.05) is 17.5 Å². The van der Waals surface area contributed by atoms with Crippen molar-refractivity contribution in [1.29, 1.82) is 0 Å². The molecule has 20 heavy (non-hydrogen) atoms. The Hall–Kier alpha value is -1.99. The highest BCUT2D eigenvalue weighted by atomic mass is 79.9. The van der Waals surface area contributed by atoms with Gasteiger partial charge in [0, 0.05) is 22.2 Å². The van der Waals surface area contributed by atoms with Gasteiger partial charge in [-0.25, -0.2) is 14.5 Å². The Morgan fingerprint density at radius 1 is 1.40 bits per heavy atom. The molecule has 3 rings (SSSR count). The van der Waals surface area contributed by atoms with Gasteiger partial charge in [0.1, 0.15) is 11.3 Å². The first-order chi connectivity index (χ1) is 9.65. The van der Waals surface area contributed by atoms with E-state index in [0.717, 1.165) is 9.35 Å². The van der Waals surface area contributed by atoms with Crippen molar-refractivity contribution in [2.24, 2.45) is 0 Å². The molecule has 0 aliphatic heterocycles. The van der Waals surface area contributed by atoms with Gasteiger partial charge in [0.15, 0.2) is 5.82 Å². The third-order valence-electron chi connectivity index (χ3n) is 2.63. The highest BCUT2D eigenvalue weighted by Gasteiger charge is 2.19. The second-order valence-corrected chi connectivity index (χ2v) is 5.79. The average molecular weight is 350 g/mol. The average Bonchev–Trinajstić information content (AvgIpc) is 3.05. The number of pyridine rings is 1. The third-order valence-corrected chi connectivity index (χ3v) is 4.33. The number of aromatic carboxylic acids is 1. The number of thiophene rings is 1. The molecule has 0 saturated carbocycles. The van der Waals surface area contributed by atoms with Crippen LogP contribution in [0.2, 0.25) is 0 Å². The topological polar surface area (TPSA) is 68.0 Å². The van der Waals surface area contributed by atoms with E-state index in [1.165, 1.54) is 22.2 Å². The van der Waals surface area contributed by atoms with Crippen LogP contribution in [0.25, 0.3) is 16.4 Å². The first-order valence-electron chi connectivity index (χ1n) is 5.64. The number of nitrogens with zero attached hydrogens (tertiary/aromatic N) is 3. The summed E-state index contributed by atoms with van der Waals surface area (Å²) in [6, 6.07) is 7.24. The summed E-state index contributed by atoms with van der Waals surface area (Å²) in [5, 5.41) is 15.6. The molecule has 100 valence electrons. The molecule has 3 heterocycles. The summed E-state index contributed by atoms with van der Waals surface area (Å²) >= 11 is 4.80. The lowest BCUT2D eigenvalue weighted by Crippen LogP contribution is -1.97. The van der Waals surface area contributed by atoms with Gasteiger partial charge in [-0.1, -0.05) is 6.07 Å². The van der Waals surface area contributed by atoms with Crippen LogP contribution in [0, 0.1) is 0 Å². The van der Waals surface area contributed by atoms with E-state index in [1.54, 1.807) is 18.3 Å². The van der Waals surface area contributed by atoms with Gasteiger partial charge in [-0.15, -0.1) is 11.3 Å². The molecule has 7 heteroatoms. The molecule has 0 fully saturated rings. The zero-order valence-electron chi connectivity index (χ0n) is 10.0. The Morgan fingerprint density at radius 3 is 2.85 bits per heavy atom. The molecule has 0 saturated heterocycles. The minimum Gasteiger partial charge on any atom is -0.478 e. The SMILES string of the molecule is O=C(O)c1cn(-c2ccccn2)nc1-c1cc(Br)cs1. The maximum atomic E-state index is 11.4. The summed E-state index contributed by atoms with van der Waals surface area (Å²) in [6.45, 7) is 0. The van der Waals surface area contributed by atoms with Crippen LogP contribution in [-0.2, 0) is 0 Å². The Labute approximate surface area is 126 Å². The molecule has 3 aromatic heterocycles. The number of carboxylic acids is 1. The number of rotatable bonds is 3. The van der Waals surface area contributed by atoms with E-state index in [9.17, 15) is 9.90 Å². The highest BCUT2D eigenvalue weighted by molar-refractivity contribution is 9.10. The molecular formula is C13H8BrN3O2S. The van der Waals surface area contributed by atoms with Crippen molar-refractivity contribution in [3.63, 3.8) is 0 Å². The van der Waals surface area contributed by atoms with Crippen LogP contribution in [0.1, 0.15) is 10.4 Å². The van der Waals surface area contributed by atoms with Gasteiger partial charge in [0.05, 0.1) is 4.88 Å². The number of hydrogen-bond donors (Lipinski definition) is 1. The fraction of sp³-hybridized carbons (Fsp3) is 0. The van der Waals surface area contributed by atoms with E-state index < -0.39 is 5.97 Å². The van der Waals surface area contributed by atoms with Gasteiger partial charge in [-0.3, -0.25) is 0 Å². The summed E-state index contributed by atoms with van der Waals surface area (Å²) in [5.74, 6) is -0.427. The number of carboxylic acid groups (broad SMARTS) is 1. The van der Waals surface area contributed by atoms with E-state index in [2.05, 4.69) is 26.0 Å². The summed E-state index contributed by atoms with van der Waals surface area (Å²) in [6.07, 6.45) is 3.12. The van der Waals surface area contributed by atoms with Crippen LogP contribution in [-0.4, -0.2) is 25.8 Å². The Balaban J connectivity index is 2.15. The first-order valence-corrected chi connectivity index (χ1v) is 7.31. The molecule has 0 aliphatic carbocycles. The molecule has 1 N–H and O–H groups in total. The van der Waals surface area contributed by atoms with Crippen molar-refractivity contribution >= 4 is 33.2 Å². The lowest BCUT2D eigenvalue weighted by molar-refractivity contribution is 0.0697. The zero-order chi connectivity index (χ0) is 14.1. The standard InChI is InChI=1S/C13H8BrN3O2S/c14-8-5-10(20-7-8)12-9(13(18)19)6-17(16-12)11-3-1-2-4-15-11/h1-7H,(H,18,19). The lowest BCUT2D eigenvalue weighted by Gasteiger charge is -1.97. The molecule has 3 aromatic rings. The molecule has 0 atom stereocenters. The van der Waals surface area contributed by atoms with Gasteiger partial charge >= 0.3 is 5.97 Å². The van der Waals surface area contributed by atoms with Crippen molar-refractivity contribution < 1.29 is 9.90 Å². The number of aromatic nitrogens is 3. The third kappa shape index (κ3) is 2.37. The summed E-state index contributed by atoms with van der Waals surface area (Å²) in [5.41, 5.74) is 0.601. The molecule has 0 unspecified atom stereocenters. The Bertz CT molecular complexity index is 767. The smallest absolute Gasteiger partial charge is 0.339 e. The number of halogens is 1. The van der Waals surface area contributed by atoms with Crippen molar-refractivity contribution in [1.82, 2.24) is 14.8 Å². The van der Waals surface area contributed by atoms with Crippen molar-refractivity contribution in [3.8, 4) is 16.4 Å². The van der Waals surface area contributed by atoms with Gasteiger partial charge in [-0.2, -0.15) is 5.10 Å². The maximum Gasteiger partial charge on any atom is 0.339 e. The predicted molar refractivity (Wildman–Crippen MR) is 79.3 cm³/mol. The molecule has 5 nitrogen and oxygen atoms in total. The molecule has 0 aliphatic rings. The van der Waals surface area contributed by atoms with E-state index >= 15 is 0 Å². The van der Waals surface area contributed by atoms with Gasteiger partial charge in [0.25, 0.3) is 0 Å². The molecule has 0 amide bonds. The molecular weight excluding hydrogens is 342 g/mol. The van der Waals surface area contributed by atoms with Crippen molar-refractivity contribution in [2.75, 3.05) is 0 Å². The fourth-order valence-corrected chi connectivity index (χ4v) is 3.18. The van der Waals surface area contributed by atoms with Gasteiger partial charge in [-0.05, 0) is 34.1 Å². The van der Waals surface area contributed by atoms with Crippen molar-refractivity contribution in [2.45, 2.75) is 0 Å². The normalized spacial score (nSPS) is 10.7. The second kappa shape index (κ2) is 5.18. The van der Waals surface area contributed by atoms with Gasteiger partial charge < -0.3 is 5.11 Å². The first kappa shape index (κ1) is 13.0. The Kier molecular flexibility index (Phi) is 3.37. The largest absolute Gasteiger partial charge is 0.478 e. The van der Waals surface area contributed by atoms with Crippen LogP contribution in [0.3, 0.4) is 0 Å². The quantitative estimate of drug-likeness (QED) is 0.786. The van der Waals surface area contributed by atoms with Crippen LogP contribution in [0.4, 0.5) is 0 Å². The minimum absolute atomic E-state index is 0.157. The highest BCUT2D eigenvalue weighted by Crippen LogP contribution is 2.31. The minimum atomic E-state index is -1.01. The predicted octanol–water partition coefficient (Wildman–Crippen LogP) is 3.46. The van der Waals surface area contributed by atoms with E-state index in [0.29, 0.717) is 11.5 Å². The maximum absolute atomic E-state index is 11.4. The lowest BCUT2D eigenvalue weighted by atomic mass is 10.2. The molecule has 0 spiro atoms. The van der Waals surface area contributed by atoms with E-state index in [4.69, 9.17) is 0 Å². The van der Waals surface area contributed by atoms with Crippen LogP contribution >= 0.6 is 27.3 Å². The monoisotopic (exact) mass is 349 g/mol. The van der Waals surface area contributed by atoms with E-state index in [-0.39, 0.29) is 5.56 Å². The van der Waals surface area contributed by atoms with Gasteiger partial charge in [0.2, 0.25) is 0 Å². The Morgan fingerprint density at radius 2 is 2.25 bits per heavy atom. The molecule has 0 bridgehead atoms. The van der Waals surface area contributed by atoms with Crippen LogP contribution in [0.15, 0.2) is 46.5 Å². The van der Waals surface area contributed by atoms with Crippen LogP contribution in [0.5, 0.6) is 0 Å². The molecule has 0 radical (unpaired) electrons. The van der Waals surface area contributed by atoms with Crippen LogP contribution < -0.4 is 0 Å². The fourth-order valence-electron chi connectivity index (χ4n) is 1.76. The second-order valence-electron chi connectivity index (χ2n) is 3.96. The number of carbonyl (C=O) groups is 1. The zero-order valence-corrected chi connectivity index (χ0v) is 12.4. The summed E-state index contributed by atoms with van der Waals surface area (Å²) in [4.78, 5) is 16.3. The van der Waals surface area contributed by atoms with Crippen molar-refractivity contribution in [3.05, 3.63) is 52.1 Å². The molecule has 0 aromatic carbocycles. The summed E-state index contributed by atoms with van der Waals surface area (Å²) in [7, 11) is 0.